The van der Waals surface area contributed by atoms with E-state index >= 15 is 4.79 Å². The summed E-state index contributed by atoms with van der Waals surface area (Å²) in [5, 5.41) is 140. The summed E-state index contributed by atoms with van der Waals surface area (Å²) in [6.07, 6.45) is -11.2. The molecule has 2 unspecified atom stereocenters. The summed E-state index contributed by atoms with van der Waals surface area (Å²) in [5.74, 6) is -36.0. The van der Waals surface area contributed by atoms with Crippen molar-refractivity contribution in [1.29, 1.82) is 5.41 Å². The third-order valence-corrected chi connectivity index (χ3v) is 24.5. The highest BCUT2D eigenvalue weighted by atomic mass is 32.2. The quantitative estimate of drug-likeness (QED) is 0.0127. The van der Waals surface area contributed by atoms with E-state index in [0.717, 1.165) is 47.1 Å². The van der Waals surface area contributed by atoms with Crippen LogP contribution in [0.3, 0.4) is 0 Å². The number of hydrogen-bond acceptors (Lipinski definition) is 36. The number of nitrogens with zero attached hydrogens (tertiary/aromatic N) is 2. The number of aliphatic imine (C=N–C) groups is 1. The average Bonchev–Trinajstić information content (AvgIpc) is 1.68. The molecule has 1 aromatic heterocycles. The van der Waals surface area contributed by atoms with Crippen LogP contribution in [0, 0.1) is 5.41 Å². The van der Waals surface area contributed by atoms with Crippen molar-refractivity contribution >= 4 is 182 Å². The molecule has 2 aromatic rings. The molecule has 4 bridgehead atoms. The number of nitrogens with two attached hydrogens (primary N) is 5. The van der Waals surface area contributed by atoms with Crippen LogP contribution < -0.4 is 124 Å². The normalized spacial score (nSPS) is 21.0. The van der Waals surface area contributed by atoms with Crippen LogP contribution in [0.5, 0.6) is 5.75 Å². The highest BCUT2D eigenvalue weighted by Crippen LogP contribution is 2.31. The number of guanidine groups is 1. The number of ether oxygens (including phenoxy) is 1. The number of carboxylic acid groups (broad SMARTS) is 5. The second kappa shape index (κ2) is 61.1. The van der Waals surface area contributed by atoms with E-state index in [1.165, 1.54) is 37.4 Å². The number of hydrogen-bond donors (Lipinski definition) is 33. The van der Waals surface area contributed by atoms with Crippen molar-refractivity contribution in [3.8, 4) is 5.75 Å². The second-order valence-electron chi connectivity index (χ2n) is 33.9. The van der Waals surface area contributed by atoms with E-state index in [-0.39, 0.29) is 117 Å². The molecule has 61 nitrogen and oxygen atoms in total. The van der Waals surface area contributed by atoms with Crippen molar-refractivity contribution in [3.05, 3.63) is 51.7 Å². The predicted molar refractivity (Wildman–Crippen MR) is 509 cm³/mol. The first-order valence-corrected chi connectivity index (χ1v) is 47.8. The maximum Gasteiger partial charge on any atom is 0.326 e. The summed E-state index contributed by atoms with van der Waals surface area (Å²) in [7, 11) is 0. The molecule has 0 aliphatic carbocycles. The number of rotatable bonds is 50. The number of benzene rings is 1. The minimum atomic E-state index is -2.52. The van der Waals surface area contributed by atoms with Gasteiger partial charge in [-0.3, -0.25) is 125 Å². The molecular formula is C85H124N26O35S2. The van der Waals surface area contributed by atoms with Crippen LogP contribution >= 0.6 is 23.1 Å². The number of amides is 20. The standard InChI is InChI=1S/C85H124N26O35S2/c1-36-64(126)96-44(18-19-57(88)116)66(128)95-38(3)83(143)111-23-9-13-55(111)78(140)98-43(12-8-22-92-85(90)91)68(130)106-52(31-112)75(137)93-37(2)65(127)100-47(26-58(89)117)74(136)109-63(40-25-56(147-33-40)82-108-54(34-148-82)77(139)94-36)79(141)107-53(32-113)76(138)110-81(146-35-114)80(142)105-46(24-39-14-16-41(115)17-15-39)69(131)97-42(10-4-6-20-86)67(129)101-49(28-60(120)121)71(133)103-51(30-62(124)125)73(135)104-50(29-61(122)123)72(134)102-48(27-59(118)119)70(132)99-45(84(144)145)11-5-7-21-87/h14-17,25,33,36-38,42-55,63,81,112-115H,4-13,18-24,26-32,34-35,86-87H2,1-3H3,(H2,88,116)(H2,89,117)(H,93,137)(H,94,139)(H,95,128)(H,96,126)(H,97,131)(H,98,140)(H,99,132)(H,100,127)(H,101,129)(H,102,134)(H,103,133)(H,104,135)(H,105,142)(H,106,130)(H,107,141)(H,109,136)(H,110,138)(H,118,119)(H,120,121)(H,122,123)(H,124,125)(H,144,145)(H4,90,91,92)/t36-,37-,38-,42-,43-,44-,45-,46-,47-,48-,49-,50-,51-,52-,53-,54-,55?,63-,81?/m0/s1. The number of aliphatic carboxylic acids is 5. The number of carboxylic acids is 5. The molecule has 1 aromatic carbocycles. The topological polar surface area (TPSA) is 1000 Å². The SMILES string of the molecule is C[C@@H]1NC(=O)[C@@H]2CSC(=N2)c2cc(cs2)[C@@H](C(=O)N[C@@H](CO)C(=O)NC(OCO)C(=O)N[C@@H](Cc2ccc(O)cc2)C(=O)N[C@@H](CCCCN)C(=O)N[C@@H](CC(=O)O)C(=O)N[C@@H](CC(=O)O)C(=O)N[C@@H](CC(=O)O)C(=O)N[C@@H](CC(=O)O)C(=O)N[C@@H](CCCCN)C(=O)O)NC(=O)[C@H](CC(N)=O)NC(=O)[C@H](C)NC(=O)[C@H](CO)NC(=O)[C@H](CCCNC(=N)N)NC(=O)C2CCCN2C(=O)[C@H](C)NC(=O)[C@H](CCC(N)=O)NC1=O. The summed E-state index contributed by atoms with van der Waals surface area (Å²) in [6, 6.07) is -28.2. The van der Waals surface area contributed by atoms with Crippen LogP contribution in [0.25, 0.3) is 0 Å². The number of phenolic OH excluding ortho intramolecular Hbond substituents is 1. The van der Waals surface area contributed by atoms with Crippen LogP contribution in [0.1, 0.15) is 152 Å². The van der Waals surface area contributed by atoms with Crippen LogP contribution in [-0.2, 0) is 131 Å². The maximum atomic E-state index is 15.0. The van der Waals surface area contributed by atoms with Crippen molar-refractivity contribution in [2.45, 2.75) is 251 Å². The number of aliphatic hydroxyl groups is 3. The lowest BCUT2D eigenvalue weighted by atomic mass is 10.0. The Morgan fingerprint density at radius 1 is 0.500 bits per heavy atom. The Hall–Kier alpha value is -15.5. The molecular weight excluding hydrogens is 2010 g/mol. The zero-order valence-corrected chi connectivity index (χ0v) is 81.7. The Labute approximate surface area is 849 Å². The number of carbonyl (C=O) groups excluding carboxylic acids is 20. The molecule has 4 heterocycles. The number of aliphatic hydroxyl groups excluding tert-OH is 3. The summed E-state index contributed by atoms with van der Waals surface area (Å²) in [5.41, 5.74) is 27.5. The zero-order chi connectivity index (χ0) is 111. The number of unbranched alkanes of at least 4 members (excludes halogenated alkanes) is 2. The second-order valence-corrected chi connectivity index (χ2v) is 35.9. The van der Waals surface area contributed by atoms with Gasteiger partial charge in [0, 0.05) is 31.7 Å². The molecule has 0 radical (unpaired) electrons. The van der Waals surface area contributed by atoms with Crippen molar-refractivity contribution in [2.75, 3.05) is 51.9 Å². The van der Waals surface area contributed by atoms with Crippen LogP contribution in [0.15, 0.2) is 40.7 Å². The number of fused-ring (bicyclic) bond motifs is 5. The maximum absolute atomic E-state index is 15.0. The van der Waals surface area contributed by atoms with E-state index < -0.39 is 347 Å². The molecule has 38 N–H and O–H groups in total. The molecule has 816 valence electrons. The predicted octanol–water partition coefficient (Wildman–Crippen LogP) is -13.9. The van der Waals surface area contributed by atoms with E-state index in [1.54, 1.807) is 0 Å². The lowest BCUT2D eigenvalue weighted by molar-refractivity contribution is -0.151. The Kier molecular flexibility index (Phi) is 50.8. The fourth-order valence-corrected chi connectivity index (χ4v) is 16.6. The molecule has 1 saturated heterocycles. The number of thioether (sulfide) groups is 1. The van der Waals surface area contributed by atoms with Crippen LogP contribution in [0.2, 0.25) is 0 Å². The van der Waals surface area contributed by atoms with Gasteiger partial charge in [-0.05, 0) is 139 Å². The molecule has 5 rings (SSSR count). The molecule has 0 spiro atoms. The van der Waals surface area contributed by atoms with Crippen molar-refractivity contribution in [2.24, 2.45) is 33.7 Å². The number of carbonyl (C=O) groups is 25. The van der Waals surface area contributed by atoms with Crippen LogP contribution in [-0.4, -0.2) is 371 Å². The van der Waals surface area contributed by atoms with Gasteiger partial charge in [-0.25, -0.2) is 4.79 Å². The minimum absolute atomic E-state index is 0.00714. The number of aromatic hydroxyl groups is 1. The Morgan fingerprint density at radius 3 is 1.45 bits per heavy atom. The largest absolute Gasteiger partial charge is 0.508 e. The zero-order valence-electron chi connectivity index (χ0n) is 80.1. The van der Waals surface area contributed by atoms with Gasteiger partial charge in [0.25, 0.3) is 5.91 Å². The first-order chi connectivity index (χ1) is 69.8. The van der Waals surface area contributed by atoms with E-state index in [9.17, 15) is 161 Å². The fourth-order valence-electron chi connectivity index (χ4n) is 14.5. The third-order valence-electron chi connectivity index (χ3n) is 22.3. The van der Waals surface area contributed by atoms with Gasteiger partial charge >= 0.3 is 29.8 Å². The molecule has 0 saturated carbocycles. The van der Waals surface area contributed by atoms with Gasteiger partial charge in [0.15, 0.2) is 5.96 Å². The van der Waals surface area contributed by atoms with Gasteiger partial charge in [0.05, 0.1) is 50.2 Å². The summed E-state index contributed by atoms with van der Waals surface area (Å²) >= 11 is 1.75. The summed E-state index contributed by atoms with van der Waals surface area (Å²) in [6.45, 7) is -0.709. The number of nitrogens with one attached hydrogen (secondary N) is 19. The highest BCUT2D eigenvalue weighted by molar-refractivity contribution is 8.15. The van der Waals surface area contributed by atoms with Gasteiger partial charge in [-0.2, -0.15) is 0 Å². The first-order valence-electron chi connectivity index (χ1n) is 46.0. The van der Waals surface area contributed by atoms with Crippen molar-refractivity contribution in [3.63, 3.8) is 0 Å². The average molecular weight is 2130 g/mol. The summed E-state index contributed by atoms with van der Waals surface area (Å²) < 4.78 is 5.16. The summed E-state index contributed by atoms with van der Waals surface area (Å²) in [4.78, 5) is 347. The lowest BCUT2D eigenvalue weighted by Crippen LogP contribution is -2.61. The van der Waals surface area contributed by atoms with Crippen molar-refractivity contribution in [1.82, 2.24) is 101 Å². The number of thiophene rings is 1. The van der Waals surface area contributed by atoms with Crippen LogP contribution in [0.4, 0.5) is 0 Å². The van der Waals surface area contributed by atoms with E-state index in [4.69, 9.17) is 38.8 Å². The Bertz CT molecular complexity index is 5210. The van der Waals surface area contributed by atoms with Crippen molar-refractivity contribution < 1.29 is 171 Å². The monoisotopic (exact) mass is 2130 g/mol. The molecule has 63 heteroatoms. The van der Waals surface area contributed by atoms with Gasteiger partial charge in [0.2, 0.25) is 118 Å². The lowest BCUT2D eigenvalue weighted by Gasteiger charge is -2.30. The molecule has 3 aliphatic rings. The van der Waals surface area contributed by atoms with E-state index in [1.807, 2.05) is 26.6 Å². The Balaban J connectivity index is 1.50. The minimum Gasteiger partial charge on any atom is -0.508 e. The third kappa shape index (κ3) is 40.8. The van der Waals surface area contributed by atoms with E-state index in [0.29, 0.717) is 0 Å². The highest BCUT2D eigenvalue weighted by Gasteiger charge is 2.44. The van der Waals surface area contributed by atoms with Gasteiger partial charge in [0.1, 0.15) is 126 Å². The number of primary amides is 2. The van der Waals surface area contributed by atoms with E-state index in [2.05, 4.69) is 74.1 Å². The molecule has 148 heavy (non-hydrogen) atoms. The van der Waals surface area contributed by atoms with Gasteiger partial charge in [-0.1, -0.05) is 12.1 Å². The van der Waals surface area contributed by atoms with Gasteiger partial charge < -0.3 is 180 Å². The molecule has 20 amide bonds. The molecule has 19 atom stereocenters. The molecule has 3 aliphatic heterocycles. The van der Waals surface area contributed by atoms with Gasteiger partial charge in [-0.15, -0.1) is 23.1 Å². The fraction of sp³-hybridized carbons (Fsp3) is 0.565. The number of phenols is 1. The Morgan fingerprint density at radius 2 is 0.953 bits per heavy atom. The first kappa shape index (κ1) is 123. The molecule has 1 fully saturated rings. The smallest absolute Gasteiger partial charge is 0.326 e.